The Bertz CT molecular complexity index is 1100. The van der Waals surface area contributed by atoms with Gasteiger partial charge in [0.15, 0.2) is 5.82 Å². The molecule has 0 radical (unpaired) electrons. The highest BCUT2D eigenvalue weighted by molar-refractivity contribution is 6.42. The van der Waals surface area contributed by atoms with Crippen LogP contribution in [0, 0.1) is 0 Å². The first-order chi connectivity index (χ1) is 12.5. The minimum Gasteiger partial charge on any atom is -0.478 e. The summed E-state index contributed by atoms with van der Waals surface area (Å²) in [5.74, 6) is -0.0622. The maximum Gasteiger partial charge on any atom is 0.335 e. The van der Waals surface area contributed by atoms with Crippen LogP contribution in [0.2, 0.25) is 10.0 Å². The van der Waals surface area contributed by atoms with E-state index in [1.807, 2.05) is 4.57 Å². The summed E-state index contributed by atoms with van der Waals surface area (Å²) < 4.78 is 7.30. The summed E-state index contributed by atoms with van der Waals surface area (Å²) in [6, 6.07) is 10.1. The van der Waals surface area contributed by atoms with Gasteiger partial charge in [0, 0.05) is 6.54 Å². The number of carboxylic acids is 1. The van der Waals surface area contributed by atoms with Crippen molar-refractivity contribution in [2.75, 3.05) is 0 Å². The Hall–Kier alpha value is -2.83. The number of nitrogens with zero attached hydrogens (tertiary/aromatic N) is 3. The molecule has 130 valence electrons. The molecule has 8 heteroatoms. The zero-order valence-electron chi connectivity index (χ0n) is 13.2. The number of benzene rings is 2. The van der Waals surface area contributed by atoms with Gasteiger partial charge in [-0.05, 0) is 29.8 Å². The summed E-state index contributed by atoms with van der Waals surface area (Å²) in [7, 11) is 0. The highest BCUT2D eigenvalue weighted by atomic mass is 35.5. The van der Waals surface area contributed by atoms with Crippen LogP contribution in [0.1, 0.15) is 15.9 Å². The van der Waals surface area contributed by atoms with Gasteiger partial charge in [-0.15, -0.1) is 0 Å². The molecule has 2 heterocycles. The van der Waals surface area contributed by atoms with Crippen molar-refractivity contribution < 1.29 is 14.3 Å². The standard InChI is InChI=1S/C18H11Cl2N3O3/c19-12-7-14-15(8-13(12)20)23(16(22-14)17-21-5-6-26-17)9-10-1-3-11(4-2-10)18(24)25/h1-8H,9H2,(H,24,25). The predicted octanol–water partition coefficient (Wildman–Crippen LogP) is 4.74. The van der Waals surface area contributed by atoms with E-state index in [-0.39, 0.29) is 5.56 Å². The van der Waals surface area contributed by atoms with Crippen molar-refractivity contribution in [3.63, 3.8) is 0 Å². The third kappa shape index (κ3) is 2.94. The fourth-order valence-electron chi connectivity index (χ4n) is 2.71. The molecule has 0 aliphatic carbocycles. The number of carbonyl (C=O) groups is 1. The summed E-state index contributed by atoms with van der Waals surface area (Å²) in [6.07, 6.45) is 3.02. The lowest BCUT2D eigenvalue weighted by molar-refractivity contribution is 0.0697. The van der Waals surface area contributed by atoms with Crippen LogP contribution in [0.15, 0.2) is 53.3 Å². The number of aromatic nitrogens is 3. The Morgan fingerprint density at radius 1 is 1.15 bits per heavy atom. The number of halogens is 2. The first-order valence-corrected chi connectivity index (χ1v) is 8.36. The summed E-state index contributed by atoms with van der Waals surface area (Å²) in [5.41, 5.74) is 2.56. The SMILES string of the molecule is O=C(O)c1ccc(Cn2c(-c3ncco3)nc3cc(Cl)c(Cl)cc32)cc1. The highest BCUT2D eigenvalue weighted by Gasteiger charge is 2.18. The van der Waals surface area contributed by atoms with Gasteiger partial charge < -0.3 is 14.1 Å². The average molecular weight is 388 g/mol. The van der Waals surface area contributed by atoms with Gasteiger partial charge in [-0.3, -0.25) is 0 Å². The summed E-state index contributed by atoms with van der Waals surface area (Å²) >= 11 is 12.3. The van der Waals surface area contributed by atoms with Gasteiger partial charge in [0.05, 0.1) is 32.8 Å². The van der Waals surface area contributed by atoms with Crippen LogP contribution in [0.5, 0.6) is 0 Å². The fraction of sp³-hybridized carbons (Fsp3) is 0.0556. The molecule has 0 aliphatic rings. The van der Waals surface area contributed by atoms with Crippen LogP contribution in [-0.2, 0) is 6.54 Å². The molecule has 4 aromatic rings. The molecule has 2 aromatic heterocycles. The van der Waals surface area contributed by atoms with Gasteiger partial charge in [-0.2, -0.15) is 0 Å². The van der Waals surface area contributed by atoms with E-state index in [9.17, 15) is 4.79 Å². The van der Waals surface area contributed by atoms with Crippen LogP contribution >= 0.6 is 23.2 Å². The zero-order valence-corrected chi connectivity index (χ0v) is 14.7. The molecule has 0 amide bonds. The molecular weight excluding hydrogens is 377 g/mol. The Labute approximate surface area is 157 Å². The molecule has 6 nitrogen and oxygen atoms in total. The van der Waals surface area contributed by atoms with Gasteiger partial charge in [-0.25, -0.2) is 14.8 Å². The summed E-state index contributed by atoms with van der Waals surface area (Å²) in [4.78, 5) is 19.8. The van der Waals surface area contributed by atoms with E-state index >= 15 is 0 Å². The van der Waals surface area contributed by atoms with Gasteiger partial charge in [0.25, 0.3) is 5.89 Å². The minimum absolute atomic E-state index is 0.229. The van der Waals surface area contributed by atoms with Gasteiger partial charge in [0.2, 0.25) is 0 Å². The van der Waals surface area contributed by atoms with Crippen LogP contribution in [0.3, 0.4) is 0 Å². The first kappa shape index (κ1) is 16.6. The Morgan fingerprint density at radius 2 is 1.88 bits per heavy atom. The lowest BCUT2D eigenvalue weighted by atomic mass is 10.1. The van der Waals surface area contributed by atoms with Gasteiger partial charge >= 0.3 is 5.97 Å². The van der Waals surface area contributed by atoms with E-state index in [1.54, 1.807) is 42.6 Å². The van der Waals surface area contributed by atoms with Crippen molar-refractivity contribution in [1.29, 1.82) is 0 Å². The third-order valence-corrected chi connectivity index (χ3v) is 4.68. The zero-order chi connectivity index (χ0) is 18.3. The topological polar surface area (TPSA) is 81.1 Å². The largest absolute Gasteiger partial charge is 0.478 e. The Kier molecular flexibility index (Phi) is 4.14. The monoisotopic (exact) mass is 387 g/mol. The fourth-order valence-corrected chi connectivity index (χ4v) is 3.03. The number of hydrogen-bond donors (Lipinski definition) is 1. The molecule has 0 saturated carbocycles. The Morgan fingerprint density at radius 3 is 2.54 bits per heavy atom. The molecule has 4 rings (SSSR count). The molecule has 1 N–H and O–H groups in total. The average Bonchev–Trinajstić information content (AvgIpc) is 3.25. The van der Waals surface area contributed by atoms with Gasteiger partial charge in [0.1, 0.15) is 6.26 Å². The minimum atomic E-state index is -0.966. The number of carboxylic acid groups (broad SMARTS) is 1. The molecule has 0 unspecified atom stereocenters. The molecular formula is C18H11Cl2N3O3. The van der Waals surface area contributed by atoms with Crippen LogP contribution in [-0.4, -0.2) is 25.6 Å². The lowest BCUT2D eigenvalue weighted by Crippen LogP contribution is -2.03. The van der Waals surface area contributed by atoms with E-state index in [0.29, 0.717) is 33.8 Å². The molecule has 0 fully saturated rings. The maximum absolute atomic E-state index is 11.0. The lowest BCUT2D eigenvalue weighted by Gasteiger charge is -2.08. The van der Waals surface area contributed by atoms with Crippen molar-refractivity contribution in [1.82, 2.24) is 14.5 Å². The van der Waals surface area contributed by atoms with Crippen LogP contribution < -0.4 is 0 Å². The van der Waals surface area contributed by atoms with E-state index in [4.69, 9.17) is 32.7 Å². The smallest absolute Gasteiger partial charge is 0.335 e. The highest BCUT2D eigenvalue weighted by Crippen LogP contribution is 2.31. The van der Waals surface area contributed by atoms with Gasteiger partial charge in [-0.1, -0.05) is 35.3 Å². The normalized spacial score (nSPS) is 11.2. The predicted molar refractivity (Wildman–Crippen MR) is 97.8 cm³/mol. The third-order valence-electron chi connectivity index (χ3n) is 3.96. The van der Waals surface area contributed by atoms with Crippen LogP contribution in [0.4, 0.5) is 0 Å². The second-order valence-electron chi connectivity index (χ2n) is 5.62. The van der Waals surface area contributed by atoms with E-state index in [2.05, 4.69) is 9.97 Å². The molecule has 26 heavy (non-hydrogen) atoms. The first-order valence-electron chi connectivity index (χ1n) is 7.60. The van der Waals surface area contributed by atoms with Crippen molar-refractivity contribution in [3.05, 3.63) is 70.0 Å². The molecule has 2 aromatic carbocycles. The number of aromatic carboxylic acids is 1. The molecule has 0 saturated heterocycles. The maximum atomic E-state index is 11.0. The molecule has 0 aliphatic heterocycles. The van der Waals surface area contributed by atoms with E-state index < -0.39 is 5.97 Å². The van der Waals surface area contributed by atoms with Crippen molar-refractivity contribution >= 4 is 40.2 Å². The van der Waals surface area contributed by atoms with Crippen LogP contribution in [0.25, 0.3) is 22.7 Å². The number of imidazole rings is 1. The number of hydrogen-bond acceptors (Lipinski definition) is 4. The van der Waals surface area contributed by atoms with E-state index in [0.717, 1.165) is 11.1 Å². The number of fused-ring (bicyclic) bond motifs is 1. The molecule has 0 atom stereocenters. The number of rotatable bonds is 4. The second kappa shape index (κ2) is 6.48. The second-order valence-corrected chi connectivity index (χ2v) is 6.43. The van der Waals surface area contributed by atoms with Crippen molar-refractivity contribution in [2.45, 2.75) is 6.54 Å². The van der Waals surface area contributed by atoms with Crippen molar-refractivity contribution in [2.24, 2.45) is 0 Å². The summed E-state index contributed by atoms with van der Waals surface area (Å²) in [6.45, 7) is 0.437. The quantitative estimate of drug-likeness (QED) is 0.546. The molecule has 0 spiro atoms. The van der Waals surface area contributed by atoms with E-state index in [1.165, 1.54) is 6.26 Å². The molecule has 0 bridgehead atoms. The Balaban J connectivity index is 1.85. The van der Waals surface area contributed by atoms with Crippen molar-refractivity contribution in [3.8, 4) is 11.7 Å². The summed E-state index contributed by atoms with van der Waals surface area (Å²) in [5, 5.41) is 9.86. The number of oxazole rings is 1.